The van der Waals surface area contributed by atoms with Crippen LogP contribution in [0, 0.1) is 0 Å². The molecule has 0 fully saturated rings. The summed E-state index contributed by atoms with van der Waals surface area (Å²) in [5, 5.41) is 19.6. The molecule has 1 aliphatic heterocycles. The second kappa shape index (κ2) is 9.39. The zero-order valence-electron chi connectivity index (χ0n) is 13.2. The topological polar surface area (TPSA) is 40.5 Å². The van der Waals surface area contributed by atoms with Gasteiger partial charge < -0.3 is 10.0 Å². The van der Waals surface area contributed by atoms with Crippen LogP contribution in [0.15, 0.2) is 83.7 Å². The van der Waals surface area contributed by atoms with E-state index in [0.29, 0.717) is 0 Å². The Labute approximate surface area is 136 Å². The van der Waals surface area contributed by atoms with E-state index < -0.39 is 0 Å². The Morgan fingerprint density at radius 3 is 1.41 bits per heavy atom. The van der Waals surface area contributed by atoms with Crippen molar-refractivity contribution >= 4 is 28.0 Å². The average molecular weight is 288 g/mol. The fourth-order valence-corrected chi connectivity index (χ4v) is 2.79. The maximum absolute atomic E-state index is 9.80. The molecule has 0 saturated carbocycles. The van der Waals surface area contributed by atoms with E-state index in [9.17, 15) is 10.0 Å². The Balaban J connectivity index is 3.74. The summed E-state index contributed by atoms with van der Waals surface area (Å²) in [5.41, 5.74) is 3.70. The second-order valence-corrected chi connectivity index (χ2v) is 4.88. The Hall–Kier alpha value is -1.64. The van der Waals surface area contributed by atoms with Crippen LogP contribution in [-0.2, 0) is 0 Å². The van der Waals surface area contributed by atoms with Crippen LogP contribution in [0.25, 0.3) is 0 Å². The number of hydrogen-bond donors (Lipinski definition) is 2. The second-order valence-electron chi connectivity index (χ2n) is 4.88. The van der Waals surface area contributed by atoms with Gasteiger partial charge >= 0.3 is 0 Å². The molecule has 0 atom stereocenters. The quantitative estimate of drug-likeness (QED) is 0.734. The minimum Gasteiger partial charge on any atom is -0.463 e. The standard InChI is InChI=1S/C16H20B4O2/c1-5-9-13-14(10-6-2)20(18-22)16(12-8-4)15(11-7-3)19(13)17-21/h5-12,21-22H,1-2H2,3-4H3/b11-7-,12-8-,13-9+,14-10+. The Kier molecular flexibility index (Phi) is 7.86. The Morgan fingerprint density at radius 1 is 0.818 bits per heavy atom. The highest BCUT2D eigenvalue weighted by Crippen LogP contribution is 2.33. The van der Waals surface area contributed by atoms with E-state index in [-0.39, 0.29) is 13.2 Å². The van der Waals surface area contributed by atoms with E-state index in [2.05, 4.69) is 13.2 Å². The van der Waals surface area contributed by atoms with Crippen molar-refractivity contribution in [3.8, 4) is 0 Å². The summed E-state index contributed by atoms with van der Waals surface area (Å²) < 4.78 is 0. The molecule has 1 heterocycles. The van der Waals surface area contributed by atoms with Crippen molar-refractivity contribution in [3.63, 3.8) is 0 Å². The lowest BCUT2D eigenvalue weighted by Crippen LogP contribution is -2.43. The Morgan fingerprint density at radius 2 is 1.18 bits per heavy atom. The van der Waals surface area contributed by atoms with E-state index in [1.54, 1.807) is 12.2 Å². The molecule has 1 rings (SSSR count). The Bertz CT molecular complexity index is 521. The molecule has 0 aromatic carbocycles. The van der Waals surface area contributed by atoms with Crippen molar-refractivity contribution in [2.45, 2.75) is 13.8 Å². The maximum Gasteiger partial charge on any atom is 0.258 e. The number of hydrogen-bond acceptors (Lipinski definition) is 2. The van der Waals surface area contributed by atoms with Crippen LogP contribution in [0.5, 0.6) is 0 Å². The molecule has 0 unspecified atom stereocenters. The van der Waals surface area contributed by atoms with Gasteiger partial charge in [-0.15, -0.1) is 0 Å². The minimum atomic E-state index is -0.275. The summed E-state index contributed by atoms with van der Waals surface area (Å²) >= 11 is 0. The normalized spacial score (nSPS) is 19.6. The summed E-state index contributed by atoms with van der Waals surface area (Å²) in [6.45, 7) is 10.8. The average Bonchev–Trinajstić information content (AvgIpc) is 2.52. The highest BCUT2D eigenvalue weighted by molar-refractivity contribution is 7.26. The van der Waals surface area contributed by atoms with Gasteiger partial charge in [-0.25, -0.2) is 0 Å². The van der Waals surface area contributed by atoms with Gasteiger partial charge in [0.1, 0.15) is 0 Å². The third kappa shape index (κ3) is 3.76. The zero-order valence-corrected chi connectivity index (χ0v) is 13.2. The molecule has 0 amide bonds. The molecule has 1 aliphatic rings. The summed E-state index contributed by atoms with van der Waals surface area (Å²) in [6, 6.07) is 0. The summed E-state index contributed by atoms with van der Waals surface area (Å²) in [5.74, 6) is 0. The van der Waals surface area contributed by atoms with Crippen LogP contribution in [0.1, 0.15) is 13.8 Å². The first-order chi connectivity index (χ1) is 10.7. The van der Waals surface area contributed by atoms with Crippen molar-refractivity contribution in [3.05, 3.63) is 83.7 Å². The van der Waals surface area contributed by atoms with Gasteiger partial charge in [0, 0.05) is 0 Å². The van der Waals surface area contributed by atoms with Crippen molar-refractivity contribution in [2.24, 2.45) is 0 Å². The van der Waals surface area contributed by atoms with E-state index in [1.165, 1.54) is 14.7 Å². The molecule has 0 aromatic heterocycles. The van der Waals surface area contributed by atoms with Gasteiger partial charge in [-0.1, -0.05) is 83.7 Å². The molecule has 2 nitrogen and oxygen atoms in total. The van der Waals surface area contributed by atoms with Gasteiger partial charge in [0.05, 0.1) is 0 Å². The lowest BCUT2D eigenvalue weighted by Gasteiger charge is -2.32. The van der Waals surface area contributed by atoms with Crippen molar-refractivity contribution in [1.82, 2.24) is 0 Å². The highest BCUT2D eigenvalue weighted by Gasteiger charge is 2.38. The molecule has 0 bridgehead atoms. The molecule has 108 valence electrons. The first-order valence-electron chi connectivity index (χ1n) is 7.30. The van der Waals surface area contributed by atoms with E-state index in [4.69, 9.17) is 0 Å². The highest BCUT2D eigenvalue weighted by atomic mass is 16.2. The molecular formula is C16H20B4O2. The van der Waals surface area contributed by atoms with Crippen LogP contribution in [0.2, 0.25) is 0 Å². The smallest absolute Gasteiger partial charge is 0.258 e. The van der Waals surface area contributed by atoms with Crippen LogP contribution >= 0.6 is 0 Å². The third-order valence-corrected chi connectivity index (χ3v) is 3.59. The molecule has 2 radical (unpaired) electrons. The van der Waals surface area contributed by atoms with Gasteiger partial charge in [0.15, 0.2) is 0 Å². The summed E-state index contributed by atoms with van der Waals surface area (Å²) in [4.78, 5) is 0. The fourth-order valence-electron chi connectivity index (χ4n) is 2.79. The number of rotatable bonds is 6. The van der Waals surface area contributed by atoms with Crippen molar-refractivity contribution < 1.29 is 10.0 Å². The summed E-state index contributed by atoms with van der Waals surface area (Å²) in [6.07, 6.45) is 14.9. The van der Waals surface area contributed by atoms with Gasteiger partial charge in [-0.3, -0.25) is 0 Å². The molecule has 2 N–H and O–H groups in total. The number of allylic oxidation sites excluding steroid dienone is 12. The molecule has 0 aromatic rings. The molecule has 22 heavy (non-hydrogen) atoms. The van der Waals surface area contributed by atoms with Crippen LogP contribution in [0.4, 0.5) is 0 Å². The third-order valence-electron chi connectivity index (χ3n) is 3.59. The van der Waals surface area contributed by atoms with Gasteiger partial charge in [0.25, 0.3) is 14.7 Å². The molecule has 0 spiro atoms. The molecule has 6 heteroatoms. The lowest BCUT2D eigenvalue weighted by atomic mass is 9.08. The van der Waals surface area contributed by atoms with Crippen molar-refractivity contribution in [1.29, 1.82) is 0 Å². The van der Waals surface area contributed by atoms with Gasteiger partial charge in [0.2, 0.25) is 13.2 Å². The first-order valence-corrected chi connectivity index (χ1v) is 7.30. The van der Waals surface area contributed by atoms with E-state index in [0.717, 1.165) is 21.9 Å². The van der Waals surface area contributed by atoms with Crippen LogP contribution < -0.4 is 0 Å². The largest absolute Gasteiger partial charge is 0.463 e. The predicted molar refractivity (Wildman–Crippen MR) is 101 cm³/mol. The van der Waals surface area contributed by atoms with E-state index in [1.807, 2.05) is 50.3 Å². The van der Waals surface area contributed by atoms with Crippen molar-refractivity contribution in [2.75, 3.05) is 0 Å². The fraction of sp³-hybridized carbons (Fsp3) is 0.125. The van der Waals surface area contributed by atoms with Gasteiger partial charge in [-0.2, -0.15) is 0 Å². The summed E-state index contributed by atoms with van der Waals surface area (Å²) in [7, 11) is 2.36. The monoisotopic (exact) mass is 288 g/mol. The zero-order chi connectivity index (χ0) is 16.5. The van der Waals surface area contributed by atoms with Gasteiger partial charge in [-0.05, 0) is 13.8 Å². The first kappa shape index (κ1) is 18.4. The maximum atomic E-state index is 9.80. The SMILES string of the molecule is C=C/C=C1/B([B]O)C(/C=C\C)=C(/C=C\C)B([B]O)/C1=C/C=C. The molecule has 0 saturated heterocycles. The minimum absolute atomic E-state index is 0.275. The van der Waals surface area contributed by atoms with Crippen LogP contribution in [0.3, 0.4) is 0 Å². The van der Waals surface area contributed by atoms with Crippen LogP contribution in [-0.4, -0.2) is 38.0 Å². The molecule has 0 aliphatic carbocycles. The molecular weight excluding hydrogens is 267 g/mol. The lowest BCUT2D eigenvalue weighted by molar-refractivity contribution is 0.618. The van der Waals surface area contributed by atoms with E-state index >= 15 is 0 Å². The predicted octanol–water partition coefficient (Wildman–Crippen LogP) is 2.04.